The zero-order chi connectivity index (χ0) is 85.9. The molecule has 0 aromatic heterocycles. The first-order chi connectivity index (χ1) is 54.0. The van der Waals surface area contributed by atoms with Crippen molar-refractivity contribution in [2.24, 2.45) is 28.5 Å². The predicted octanol–water partition coefficient (Wildman–Crippen LogP) is 18.2. The number of hydrogen-bond donors (Lipinski definition) is 2. The van der Waals surface area contributed by atoms with E-state index in [-0.39, 0.29) is 164 Å². The number of nitrogens with one attached hydrogen (secondary N) is 1. The molecule has 3 N–H and O–H groups in total. The lowest BCUT2D eigenvalue weighted by atomic mass is 9.77. The molecule has 0 spiro atoms. The minimum absolute atomic E-state index is 0. The molecule has 4 aliphatic heterocycles. The smallest absolute Gasteiger partial charge is 0.306 e. The van der Waals surface area contributed by atoms with E-state index in [4.69, 9.17) is 57.4 Å². The molecule has 0 bridgehead atoms. The second-order valence-corrected chi connectivity index (χ2v) is 31.3. The van der Waals surface area contributed by atoms with Crippen molar-refractivity contribution in [1.82, 2.24) is 20.0 Å². The molecule has 4 fully saturated rings. The highest BCUT2D eigenvalue weighted by atomic mass is 35.5. The summed E-state index contributed by atoms with van der Waals surface area (Å²) in [6.45, 7) is 19.6. The van der Waals surface area contributed by atoms with Crippen molar-refractivity contribution in [3.8, 4) is 23.0 Å². The molecule has 4 aliphatic rings. The number of Topliss-reactive ketones (excluding diaryl/α,β-unsaturated/α-hetero) is 1. The van der Waals surface area contributed by atoms with E-state index in [0.29, 0.717) is 80.7 Å². The second kappa shape index (κ2) is 49.6. The number of ether oxygens (including phenoxy) is 6. The average molecular weight is 1750 g/mol. The van der Waals surface area contributed by atoms with Gasteiger partial charge in [0.05, 0.1) is 47.0 Å². The number of esters is 2. The van der Waals surface area contributed by atoms with Crippen molar-refractivity contribution in [1.29, 1.82) is 0 Å². The SMILES string of the molecule is C.C.CC(=O)Cl.COc1cc(F)c(C2CCN(C(C)=O)C[C@H]2CC(=O)Cc2ccc(Cl)cc2)c(F)c1.COc1cc(F)c(C2CCN(C(C)=O)C[C@H]2CC(=O)OC(C)(C)C)c(F)c1.COc1cc(F)c(C2CCN(C(C)=O)C[C@H]2N)c(F)c1.COc1cc(F)c(C2CCNC[C@H]2CC(=O)OC(C)(C)C)c(F)c1.Cl.O=C=Nc1ccc(Cl)cc1. The standard InChI is InChI=1S/C23H24ClF2NO3.C20H27F2NO4.C18H25F2NO3.C14H18F2N2O2.C7H4ClNO.C2H3ClO.2CH4.ClH/c1-14(28)27-8-7-20(23-21(25)11-19(30-2)12-22(23)26)16(13-27)10-18(29)9-15-3-5-17(24)6-4-15;1-12(24)23-7-6-15(13(11-23)8-18(25)27-20(2,3)4)19-16(21)9-14(26-5)10-17(19)22;1-18(2,3)24-16(22)7-11-10-21-6-5-13(11)17-14(19)8-12(23-4)9-15(17)20;1-8(19)18-4-3-10(13(17)7-18)14-11(15)5-9(20-2)6-12(14)16;8-6-1-3-7(4-2-6)9-5-10;1-2(3)4;;;/h3-6,11-12,16,20H,7-10,13H2,1-2H3;9-10,13,15H,6-8,11H2,1-5H3;8-9,11,13,21H,5-7,10H2,1-4H3;5-6,10,13H,3-4,7,17H2,1-2H3;1-4H;1H3;2*1H4;1H/t16-,20?;13-,15?;11-,13?;10?,13-;;;;;/m1111...../s1. The summed E-state index contributed by atoms with van der Waals surface area (Å²) in [4.78, 5) is 99.3. The average Bonchev–Trinajstić information content (AvgIpc) is 0.802. The molecule has 4 saturated heterocycles. The summed E-state index contributed by atoms with van der Waals surface area (Å²) >= 11 is 16.1. The Bertz CT molecular complexity index is 4270. The Kier molecular flexibility index (Phi) is 44.2. The number of methoxy groups -OCH3 is 4. The van der Waals surface area contributed by atoms with Gasteiger partial charge in [0.25, 0.3) is 0 Å². The van der Waals surface area contributed by atoms with Crippen LogP contribution >= 0.6 is 47.2 Å². The van der Waals surface area contributed by atoms with E-state index in [1.165, 1.54) is 74.3 Å². The van der Waals surface area contributed by atoms with E-state index in [1.807, 2.05) is 0 Å². The molecule has 4 unspecified atom stereocenters. The number of hydrogen-bond acceptors (Lipinski definition) is 17. The fourth-order valence-corrected chi connectivity index (χ4v) is 14.3. The summed E-state index contributed by atoms with van der Waals surface area (Å²) < 4.78 is 146. The number of amides is 3. The van der Waals surface area contributed by atoms with E-state index in [2.05, 4.69) is 21.9 Å². The van der Waals surface area contributed by atoms with Crippen LogP contribution < -0.4 is 30.0 Å². The van der Waals surface area contributed by atoms with Crippen molar-refractivity contribution in [3.05, 3.63) is 181 Å². The van der Waals surface area contributed by atoms with Gasteiger partial charge in [0.15, 0.2) is 0 Å². The summed E-state index contributed by atoms with van der Waals surface area (Å²) in [6, 6.07) is 22.4. The molecule has 20 nitrogen and oxygen atoms in total. The Labute approximate surface area is 707 Å². The molecule has 10 rings (SSSR count). The number of aliphatic imine (C=N–C) groups is 1. The van der Waals surface area contributed by atoms with E-state index in [0.717, 1.165) is 42.0 Å². The van der Waals surface area contributed by atoms with Gasteiger partial charge in [-0.15, -0.1) is 12.4 Å². The van der Waals surface area contributed by atoms with E-state index >= 15 is 0 Å². The van der Waals surface area contributed by atoms with E-state index in [9.17, 15) is 73.5 Å². The number of nitrogens with zero attached hydrogens (tertiary/aromatic N) is 4. The molecule has 8 atom stereocenters. The molecule has 6 aromatic rings. The molecule has 118 heavy (non-hydrogen) atoms. The molecular formula is C86H110Cl4F8N6O14. The van der Waals surface area contributed by atoms with Gasteiger partial charge in [-0.05, 0) is 169 Å². The Balaban J connectivity index is 0.000000504. The van der Waals surface area contributed by atoms with Gasteiger partial charge in [0, 0.05) is 173 Å². The van der Waals surface area contributed by atoms with Crippen molar-refractivity contribution in [2.75, 3.05) is 80.8 Å². The Morgan fingerprint density at radius 3 is 1.09 bits per heavy atom. The van der Waals surface area contributed by atoms with Gasteiger partial charge in [-0.25, -0.2) is 39.9 Å². The molecule has 4 heterocycles. The monoisotopic (exact) mass is 1740 g/mol. The van der Waals surface area contributed by atoms with Crippen LogP contribution in [0.15, 0.2) is 102 Å². The fourth-order valence-electron chi connectivity index (χ4n) is 14.0. The third kappa shape index (κ3) is 33.4. The Morgan fingerprint density at radius 2 is 0.780 bits per heavy atom. The van der Waals surface area contributed by atoms with Crippen LogP contribution in [0.5, 0.6) is 23.0 Å². The number of ketones is 1. The zero-order valence-electron chi connectivity index (χ0n) is 67.3. The summed E-state index contributed by atoms with van der Waals surface area (Å²) in [5.41, 5.74) is 6.07. The number of benzene rings is 6. The van der Waals surface area contributed by atoms with Gasteiger partial charge < -0.3 is 54.2 Å². The normalized spacial score (nSPS) is 18.6. The van der Waals surface area contributed by atoms with Gasteiger partial charge in [-0.2, -0.15) is 4.99 Å². The highest BCUT2D eigenvalue weighted by molar-refractivity contribution is 6.62. The maximum atomic E-state index is 14.7. The number of carbonyl (C=O) groups is 7. The quantitative estimate of drug-likeness (QED) is 0.0283. The van der Waals surface area contributed by atoms with Gasteiger partial charge >= 0.3 is 11.9 Å². The summed E-state index contributed by atoms with van der Waals surface area (Å²) in [5, 5.41) is 4.04. The van der Waals surface area contributed by atoms with Crippen LogP contribution in [-0.2, 0) is 54.3 Å². The molecular weight excluding hydrogens is 1630 g/mol. The molecule has 0 radical (unpaired) electrons. The third-order valence-electron chi connectivity index (χ3n) is 19.2. The first-order valence-corrected chi connectivity index (χ1v) is 38.2. The minimum atomic E-state index is -0.706. The lowest BCUT2D eigenvalue weighted by Gasteiger charge is -2.38. The molecule has 0 saturated carbocycles. The topological polar surface area (TPSA) is 252 Å². The second-order valence-electron chi connectivity index (χ2n) is 29.9. The third-order valence-corrected chi connectivity index (χ3v) is 19.7. The van der Waals surface area contributed by atoms with Crippen LogP contribution in [-0.4, -0.2) is 160 Å². The Hall–Kier alpha value is -8.89. The van der Waals surface area contributed by atoms with Crippen LogP contribution in [0.1, 0.15) is 181 Å². The number of isocyanates is 1. The van der Waals surface area contributed by atoms with Gasteiger partial charge in [-0.1, -0.05) is 50.2 Å². The highest BCUT2D eigenvalue weighted by Gasteiger charge is 2.40. The number of halogens is 12. The van der Waals surface area contributed by atoms with E-state index < -0.39 is 93.4 Å². The molecule has 3 amide bonds. The van der Waals surface area contributed by atoms with Crippen LogP contribution in [0, 0.1) is 64.3 Å². The van der Waals surface area contributed by atoms with Crippen molar-refractivity contribution in [3.63, 3.8) is 0 Å². The largest absolute Gasteiger partial charge is 0.497 e. The van der Waals surface area contributed by atoms with Crippen LogP contribution in [0.2, 0.25) is 10.0 Å². The van der Waals surface area contributed by atoms with Gasteiger partial charge in [0.1, 0.15) is 86.5 Å². The number of rotatable bonds is 17. The molecule has 652 valence electrons. The van der Waals surface area contributed by atoms with Crippen molar-refractivity contribution >= 4 is 99.7 Å². The molecule has 32 heteroatoms. The van der Waals surface area contributed by atoms with Gasteiger partial charge in [-0.3, -0.25) is 33.6 Å². The first-order valence-electron chi connectivity index (χ1n) is 37.0. The lowest BCUT2D eigenvalue weighted by molar-refractivity contribution is -0.157. The molecule has 6 aromatic carbocycles. The van der Waals surface area contributed by atoms with Crippen LogP contribution in [0.4, 0.5) is 40.8 Å². The number of nitrogens with two attached hydrogens (primary N) is 1. The van der Waals surface area contributed by atoms with Crippen molar-refractivity contribution < 1.29 is 102 Å². The van der Waals surface area contributed by atoms with Crippen molar-refractivity contribution in [2.45, 2.75) is 176 Å². The molecule has 0 aliphatic carbocycles. The summed E-state index contributed by atoms with van der Waals surface area (Å²) in [6.07, 6.45) is 3.64. The summed E-state index contributed by atoms with van der Waals surface area (Å²) in [7, 11) is 5.40. The highest BCUT2D eigenvalue weighted by Crippen LogP contribution is 2.43. The van der Waals surface area contributed by atoms with Crippen LogP contribution in [0.25, 0.3) is 0 Å². The lowest BCUT2D eigenvalue weighted by Crippen LogP contribution is -2.49. The number of carbonyl (C=O) groups excluding carboxylic acids is 8. The minimum Gasteiger partial charge on any atom is -0.497 e. The zero-order valence-corrected chi connectivity index (χ0v) is 70.4. The van der Waals surface area contributed by atoms with E-state index in [1.54, 1.807) is 105 Å². The van der Waals surface area contributed by atoms with Crippen LogP contribution in [0.3, 0.4) is 0 Å². The number of likely N-dealkylation sites (tertiary alicyclic amines) is 3. The summed E-state index contributed by atoms with van der Waals surface area (Å²) in [5.74, 6) is -8.91. The maximum Gasteiger partial charge on any atom is 0.306 e. The maximum absolute atomic E-state index is 14.7. The predicted molar refractivity (Wildman–Crippen MR) is 441 cm³/mol. The number of piperidine rings is 4. The Morgan fingerprint density at radius 1 is 0.483 bits per heavy atom. The van der Waals surface area contributed by atoms with Gasteiger partial charge in [0.2, 0.25) is 29.0 Å². The first kappa shape index (κ1) is 105. The fraction of sp³-hybridized carbons (Fsp3) is 0.488.